The van der Waals surface area contributed by atoms with Crippen molar-refractivity contribution in [3.05, 3.63) is 179 Å². The van der Waals surface area contributed by atoms with Gasteiger partial charge in [-0.15, -0.1) is 0 Å². The minimum Gasteiger partial charge on any atom is -0.449 e. The Morgan fingerprint density at radius 3 is 1.67 bits per heavy atom. The molecule has 0 saturated carbocycles. The lowest BCUT2D eigenvalue weighted by molar-refractivity contribution is -0.219. The van der Waals surface area contributed by atoms with Crippen molar-refractivity contribution in [2.24, 2.45) is 0 Å². The van der Waals surface area contributed by atoms with Gasteiger partial charge in [-0.1, -0.05) is 152 Å². The molecular formula is C40H34N2O4. The molecule has 2 amide bonds. The van der Waals surface area contributed by atoms with Crippen LogP contribution in [0.4, 0.5) is 4.79 Å². The highest BCUT2D eigenvalue weighted by atomic mass is 16.7. The third kappa shape index (κ3) is 5.48. The van der Waals surface area contributed by atoms with Gasteiger partial charge in [0.1, 0.15) is 12.6 Å². The van der Waals surface area contributed by atoms with Crippen LogP contribution >= 0.6 is 0 Å². The molecule has 1 aliphatic carbocycles. The third-order valence-corrected chi connectivity index (χ3v) is 8.78. The summed E-state index contributed by atoms with van der Waals surface area (Å²) in [6.07, 6.45) is 3.46. The maximum atomic E-state index is 14.1. The minimum atomic E-state index is -1.13. The van der Waals surface area contributed by atoms with Gasteiger partial charge in [-0.2, -0.15) is 0 Å². The van der Waals surface area contributed by atoms with Gasteiger partial charge in [0.25, 0.3) is 5.91 Å². The van der Waals surface area contributed by atoms with Gasteiger partial charge in [0.15, 0.2) is 5.60 Å². The Balaban J connectivity index is 1.13. The average molecular weight is 607 g/mol. The number of ether oxygens (including phenoxy) is 1. The first-order valence-corrected chi connectivity index (χ1v) is 15.6. The molecule has 2 aliphatic rings. The lowest BCUT2D eigenvalue weighted by Gasteiger charge is -2.39. The molecule has 228 valence electrons. The van der Waals surface area contributed by atoms with Crippen molar-refractivity contribution < 1.29 is 19.2 Å². The van der Waals surface area contributed by atoms with Crippen LogP contribution in [-0.2, 0) is 20.0 Å². The fourth-order valence-corrected chi connectivity index (χ4v) is 6.59. The van der Waals surface area contributed by atoms with Crippen molar-refractivity contribution in [2.75, 3.05) is 13.2 Å². The van der Waals surface area contributed by atoms with E-state index in [1.165, 1.54) is 5.06 Å². The first-order chi connectivity index (χ1) is 22.6. The summed E-state index contributed by atoms with van der Waals surface area (Å²) in [7, 11) is 0. The molecule has 6 heteroatoms. The van der Waals surface area contributed by atoms with Crippen LogP contribution in [0.5, 0.6) is 0 Å². The molecule has 46 heavy (non-hydrogen) atoms. The molecule has 0 spiro atoms. The minimum absolute atomic E-state index is 0.0778. The van der Waals surface area contributed by atoms with Crippen LogP contribution in [0.15, 0.2) is 152 Å². The van der Waals surface area contributed by atoms with E-state index in [-0.39, 0.29) is 25.0 Å². The van der Waals surface area contributed by atoms with Gasteiger partial charge in [0.2, 0.25) is 0 Å². The molecule has 0 fully saturated rings. The number of nitrogens with one attached hydrogen (secondary N) is 1. The van der Waals surface area contributed by atoms with E-state index in [9.17, 15) is 9.59 Å². The van der Waals surface area contributed by atoms with E-state index in [1.807, 2.05) is 127 Å². The second-order valence-corrected chi connectivity index (χ2v) is 11.5. The van der Waals surface area contributed by atoms with Gasteiger partial charge in [-0.25, -0.2) is 14.7 Å². The number of nitrogens with zero attached hydrogens (tertiary/aromatic N) is 1. The van der Waals surface area contributed by atoms with Crippen molar-refractivity contribution in [1.82, 2.24) is 10.4 Å². The molecule has 1 N–H and O–H groups in total. The number of rotatable bonds is 8. The predicted octanol–water partition coefficient (Wildman–Crippen LogP) is 7.61. The Kier molecular flexibility index (Phi) is 8.19. The quantitative estimate of drug-likeness (QED) is 0.146. The van der Waals surface area contributed by atoms with Gasteiger partial charge < -0.3 is 10.1 Å². The van der Waals surface area contributed by atoms with E-state index in [0.717, 1.165) is 38.9 Å². The second kappa shape index (κ2) is 12.9. The lowest BCUT2D eigenvalue weighted by atomic mass is 9.80. The first kappa shape index (κ1) is 29.3. The maximum Gasteiger partial charge on any atom is 0.407 e. The lowest BCUT2D eigenvalue weighted by Crippen LogP contribution is -2.51. The monoisotopic (exact) mass is 606 g/mol. The van der Waals surface area contributed by atoms with Gasteiger partial charge in [0, 0.05) is 5.92 Å². The summed E-state index contributed by atoms with van der Waals surface area (Å²) in [5.41, 5.74) is 6.04. The molecule has 1 heterocycles. The molecule has 5 aromatic carbocycles. The van der Waals surface area contributed by atoms with Crippen molar-refractivity contribution in [3.8, 4) is 11.1 Å². The van der Waals surface area contributed by atoms with E-state index < -0.39 is 17.7 Å². The van der Waals surface area contributed by atoms with E-state index in [0.29, 0.717) is 6.42 Å². The summed E-state index contributed by atoms with van der Waals surface area (Å²) in [5.74, 6) is -0.434. The van der Waals surface area contributed by atoms with Crippen LogP contribution in [0.1, 0.15) is 40.2 Å². The third-order valence-electron chi connectivity index (χ3n) is 8.78. The molecule has 5 aromatic rings. The van der Waals surface area contributed by atoms with Gasteiger partial charge >= 0.3 is 6.09 Å². The fourth-order valence-electron chi connectivity index (χ4n) is 6.59. The number of benzene rings is 5. The number of fused-ring (bicyclic) bond motifs is 3. The number of hydroxylamine groups is 2. The van der Waals surface area contributed by atoms with Gasteiger partial charge in [-0.05, 0) is 45.4 Å². The molecule has 6 nitrogen and oxygen atoms in total. The molecule has 0 unspecified atom stereocenters. The highest BCUT2D eigenvalue weighted by Gasteiger charge is 2.42. The molecule has 1 aliphatic heterocycles. The van der Waals surface area contributed by atoms with Crippen LogP contribution in [0.25, 0.3) is 11.1 Å². The van der Waals surface area contributed by atoms with Crippen molar-refractivity contribution in [3.63, 3.8) is 0 Å². The summed E-state index contributed by atoms with van der Waals surface area (Å²) in [6.45, 7) is 0.381. The highest BCUT2D eigenvalue weighted by molar-refractivity contribution is 5.86. The smallest absolute Gasteiger partial charge is 0.407 e. The largest absolute Gasteiger partial charge is 0.449 e. The Hall–Kier alpha value is -5.46. The summed E-state index contributed by atoms with van der Waals surface area (Å²) < 4.78 is 5.79. The number of hydrogen-bond acceptors (Lipinski definition) is 4. The zero-order valence-corrected chi connectivity index (χ0v) is 25.3. The van der Waals surface area contributed by atoms with Crippen LogP contribution in [0.3, 0.4) is 0 Å². The SMILES string of the molecule is O=C(N[C@H]1CC=CCN(OC(c2ccccc2)(c2ccccc2)c2ccccc2)C1=O)OCC1c2ccccc2-c2ccccc21. The normalized spacial score (nSPS) is 16.0. The molecule has 7 rings (SSSR count). The van der Waals surface area contributed by atoms with E-state index >= 15 is 0 Å². The summed E-state index contributed by atoms with van der Waals surface area (Å²) >= 11 is 0. The zero-order chi connectivity index (χ0) is 31.3. The van der Waals surface area contributed by atoms with E-state index in [2.05, 4.69) is 29.6 Å². The van der Waals surface area contributed by atoms with Crippen LogP contribution < -0.4 is 5.32 Å². The predicted molar refractivity (Wildman–Crippen MR) is 178 cm³/mol. The van der Waals surface area contributed by atoms with Crippen molar-refractivity contribution in [2.45, 2.75) is 24.0 Å². The van der Waals surface area contributed by atoms with Crippen molar-refractivity contribution in [1.29, 1.82) is 0 Å². The molecule has 1 atom stereocenters. The average Bonchev–Trinajstić information content (AvgIpc) is 3.34. The Morgan fingerprint density at radius 2 is 1.15 bits per heavy atom. The molecule has 0 saturated heterocycles. The first-order valence-electron chi connectivity index (χ1n) is 15.6. The molecule has 0 bridgehead atoms. The number of carbonyl (C=O) groups is 2. The maximum absolute atomic E-state index is 14.1. The number of hydrogen-bond donors (Lipinski definition) is 1. The zero-order valence-electron chi connectivity index (χ0n) is 25.3. The number of amides is 2. The van der Waals surface area contributed by atoms with E-state index in [1.54, 1.807) is 0 Å². The molecule has 0 aromatic heterocycles. The van der Waals surface area contributed by atoms with Crippen LogP contribution in [-0.4, -0.2) is 36.3 Å². The summed E-state index contributed by atoms with van der Waals surface area (Å²) in [5, 5.41) is 4.20. The summed E-state index contributed by atoms with van der Waals surface area (Å²) in [6, 6.07) is 45.2. The molecule has 0 radical (unpaired) electrons. The fraction of sp³-hybridized carbons (Fsp3) is 0.150. The number of alkyl carbamates (subject to hydrolysis) is 1. The Labute approximate surface area is 268 Å². The Morgan fingerprint density at radius 1 is 0.674 bits per heavy atom. The summed E-state index contributed by atoms with van der Waals surface area (Å²) in [4.78, 5) is 34.3. The molecular weight excluding hydrogens is 572 g/mol. The van der Waals surface area contributed by atoms with Crippen molar-refractivity contribution >= 4 is 12.0 Å². The number of carbonyl (C=O) groups excluding carboxylic acids is 2. The second-order valence-electron chi connectivity index (χ2n) is 11.5. The highest BCUT2D eigenvalue weighted by Crippen LogP contribution is 2.45. The van der Waals surface area contributed by atoms with E-state index in [4.69, 9.17) is 9.57 Å². The van der Waals surface area contributed by atoms with Crippen LogP contribution in [0, 0.1) is 0 Å². The van der Waals surface area contributed by atoms with Crippen LogP contribution in [0.2, 0.25) is 0 Å². The Bertz CT molecular complexity index is 1710. The topological polar surface area (TPSA) is 67.9 Å². The van der Waals surface area contributed by atoms with Gasteiger partial charge in [-0.3, -0.25) is 4.79 Å². The van der Waals surface area contributed by atoms with Gasteiger partial charge in [0.05, 0.1) is 6.54 Å². The standard InChI is InChI=1S/C40H34N2O4/c43-38-37(41-39(44)45-28-36-34-24-12-10-22-32(34)33-23-11-13-25-35(33)36)26-14-15-27-42(38)46-40(29-16-4-1-5-17-29,30-18-6-2-7-19-30)31-20-8-3-9-21-31/h1-25,36-37H,26-28H2,(H,41,44)/t37-/m0/s1.